The van der Waals surface area contributed by atoms with Gasteiger partial charge in [-0.25, -0.2) is 0 Å². The number of aromatic amines is 1. The molecule has 0 fully saturated rings. The van der Waals surface area contributed by atoms with Gasteiger partial charge >= 0.3 is 0 Å². The molecule has 2 aromatic rings. The van der Waals surface area contributed by atoms with E-state index in [2.05, 4.69) is 21.6 Å². The molecule has 0 unspecified atom stereocenters. The van der Waals surface area contributed by atoms with Crippen molar-refractivity contribution in [2.45, 2.75) is 32.7 Å². The van der Waals surface area contributed by atoms with Gasteiger partial charge in [-0.05, 0) is 31.5 Å². The van der Waals surface area contributed by atoms with E-state index < -0.39 is 0 Å². The zero-order valence-electron chi connectivity index (χ0n) is 11.2. The van der Waals surface area contributed by atoms with Gasteiger partial charge in [0, 0.05) is 27.3 Å². The largest absolute Gasteiger partial charge is 0.385 e. The number of aryl methyl sites for hydroxylation is 3. The van der Waals surface area contributed by atoms with Gasteiger partial charge in [-0.2, -0.15) is 5.10 Å². The highest BCUT2D eigenvalue weighted by atomic mass is 32.1. The number of imidazole rings is 1. The minimum absolute atomic E-state index is 0.783. The number of H-pyrrole nitrogens is 1. The first-order chi connectivity index (χ1) is 8.69. The lowest BCUT2D eigenvalue weighted by Gasteiger charge is -2.04. The molecule has 0 aliphatic rings. The highest BCUT2D eigenvalue weighted by Gasteiger charge is 2.13. The molecule has 100 valence electrons. The molecular weight excluding hydrogens is 248 g/mol. The second-order valence-corrected chi connectivity index (χ2v) is 4.79. The van der Waals surface area contributed by atoms with Crippen LogP contribution in [0.25, 0.3) is 11.2 Å². The summed E-state index contributed by atoms with van der Waals surface area (Å²) in [7, 11) is 3.70. The number of unbranched alkanes of at least 4 members (excludes halogenated alkanes) is 1. The quantitative estimate of drug-likeness (QED) is 0.646. The Hall–Kier alpha value is -1.14. The second kappa shape index (κ2) is 5.67. The van der Waals surface area contributed by atoms with Gasteiger partial charge in [-0.3, -0.25) is 4.68 Å². The Morgan fingerprint density at radius 1 is 1.39 bits per heavy atom. The number of nitrogens with zero attached hydrogens (tertiary/aromatic N) is 3. The van der Waals surface area contributed by atoms with E-state index in [-0.39, 0.29) is 0 Å². The zero-order valence-corrected chi connectivity index (χ0v) is 12.0. The molecule has 0 saturated heterocycles. The number of ether oxygens (including phenoxy) is 1. The topological polar surface area (TPSA) is 47.8 Å². The number of rotatable bonds is 6. The van der Waals surface area contributed by atoms with E-state index in [1.165, 1.54) is 0 Å². The number of hydrogen-bond acceptors (Lipinski definition) is 3. The van der Waals surface area contributed by atoms with E-state index in [0.29, 0.717) is 0 Å². The molecule has 0 aliphatic carbocycles. The minimum Gasteiger partial charge on any atom is -0.385 e. The van der Waals surface area contributed by atoms with Crippen molar-refractivity contribution in [3.63, 3.8) is 0 Å². The third kappa shape index (κ3) is 2.35. The smallest absolute Gasteiger partial charge is 0.179 e. The summed E-state index contributed by atoms with van der Waals surface area (Å²) in [6, 6.07) is 0. The van der Waals surface area contributed by atoms with Crippen molar-refractivity contribution in [2.24, 2.45) is 7.05 Å². The first kappa shape index (κ1) is 13.3. The van der Waals surface area contributed by atoms with E-state index in [1.54, 1.807) is 7.11 Å². The summed E-state index contributed by atoms with van der Waals surface area (Å²) in [5.41, 5.74) is 3.25. The van der Waals surface area contributed by atoms with Crippen LogP contribution in [-0.4, -0.2) is 33.0 Å². The maximum Gasteiger partial charge on any atom is 0.179 e. The Labute approximate surface area is 112 Å². The molecule has 0 radical (unpaired) electrons. The van der Waals surface area contributed by atoms with Gasteiger partial charge in [-0.15, -0.1) is 0 Å². The molecule has 0 aliphatic heterocycles. The molecule has 0 amide bonds. The van der Waals surface area contributed by atoms with Crippen LogP contribution in [0, 0.1) is 4.77 Å². The number of methoxy groups -OCH3 is 1. The van der Waals surface area contributed by atoms with Gasteiger partial charge < -0.3 is 14.3 Å². The van der Waals surface area contributed by atoms with Gasteiger partial charge in [-0.1, -0.05) is 6.92 Å². The van der Waals surface area contributed by atoms with Crippen LogP contribution >= 0.6 is 12.2 Å². The fourth-order valence-corrected chi connectivity index (χ4v) is 2.53. The van der Waals surface area contributed by atoms with Crippen LogP contribution in [0.1, 0.15) is 25.5 Å². The van der Waals surface area contributed by atoms with Crippen molar-refractivity contribution in [3.05, 3.63) is 10.5 Å². The van der Waals surface area contributed by atoms with E-state index in [1.807, 2.05) is 11.7 Å². The van der Waals surface area contributed by atoms with Crippen molar-refractivity contribution >= 4 is 23.4 Å². The molecule has 2 rings (SSSR count). The Bertz CT molecular complexity index is 581. The van der Waals surface area contributed by atoms with Crippen LogP contribution in [0.3, 0.4) is 0 Å². The molecule has 5 nitrogen and oxygen atoms in total. The molecule has 2 heterocycles. The van der Waals surface area contributed by atoms with Crippen LogP contribution in [0.15, 0.2) is 0 Å². The second-order valence-electron chi connectivity index (χ2n) is 4.40. The summed E-state index contributed by atoms with van der Waals surface area (Å²) in [6.45, 7) is 3.81. The van der Waals surface area contributed by atoms with Gasteiger partial charge in [0.05, 0.1) is 5.69 Å². The standard InChI is InChI=1S/C12H20N4OS/c1-4-9-10-11(15(2)14-9)16(12(18)13-10)7-5-6-8-17-3/h4-8H2,1-3H3,(H,13,18). The molecule has 2 aromatic heterocycles. The van der Waals surface area contributed by atoms with Crippen molar-refractivity contribution in [1.82, 2.24) is 19.3 Å². The van der Waals surface area contributed by atoms with Crippen LogP contribution in [0.2, 0.25) is 0 Å². The fraction of sp³-hybridized carbons (Fsp3) is 0.667. The SMILES string of the molecule is CCc1nn(C)c2c1[nH]c(=S)n2CCCCOC. The highest BCUT2D eigenvalue weighted by molar-refractivity contribution is 7.71. The molecule has 18 heavy (non-hydrogen) atoms. The van der Waals surface area contributed by atoms with E-state index in [9.17, 15) is 0 Å². The minimum atomic E-state index is 0.783. The zero-order chi connectivity index (χ0) is 13.1. The lowest BCUT2D eigenvalue weighted by Crippen LogP contribution is -2.04. The van der Waals surface area contributed by atoms with E-state index in [4.69, 9.17) is 17.0 Å². The summed E-state index contributed by atoms with van der Waals surface area (Å²) in [4.78, 5) is 3.27. The van der Waals surface area contributed by atoms with Gasteiger partial charge in [0.15, 0.2) is 10.4 Å². The number of fused-ring (bicyclic) bond motifs is 1. The molecule has 0 aromatic carbocycles. The summed E-state index contributed by atoms with van der Waals surface area (Å²) in [6.07, 6.45) is 3.02. The summed E-state index contributed by atoms with van der Waals surface area (Å²) < 4.78 is 9.89. The first-order valence-corrected chi connectivity index (χ1v) is 6.73. The number of nitrogens with one attached hydrogen (secondary N) is 1. The van der Waals surface area contributed by atoms with Crippen molar-refractivity contribution < 1.29 is 4.74 Å². The maximum absolute atomic E-state index is 5.39. The molecule has 1 N–H and O–H groups in total. The Balaban J connectivity index is 2.29. The average Bonchev–Trinajstić information content (AvgIpc) is 2.83. The summed E-state index contributed by atoms with van der Waals surface area (Å²) >= 11 is 5.39. The van der Waals surface area contributed by atoms with Crippen LogP contribution in [-0.2, 0) is 24.8 Å². The molecule has 0 bridgehead atoms. The monoisotopic (exact) mass is 268 g/mol. The maximum atomic E-state index is 5.39. The van der Waals surface area contributed by atoms with Crippen LogP contribution in [0.4, 0.5) is 0 Å². The van der Waals surface area contributed by atoms with Crippen molar-refractivity contribution in [2.75, 3.05) is 13.7 Å². The van der Waals surface area contributed by atoms with Crippen molar-refractivity contribution in [1.29, 1.82) is 0 Å². The fourth-order valence-electron chi connectivity index (χ4n) is 2.25. The Morgan fingerprint density at radius 3 is 2.83 bits per heavy atom. The van der Waals surface area contributed by atoms with Gasteiger partial charge in [0.1, 0.15) is 5.52 Å². The predicted molar refractivity (Wildman–Crippen MR) is 74.4 cm³/mol. The Kier molecular flexibility index (Phi) is 4.19. The van der Waals surface area contributed by atoms with Crippen LogP contribution in [0.5, 0.6) is 0 Å². The summed E-state index contributed by atoms with van der Waals surface area (Å²) in [5.74, 6) is 0. The molecule has 0 spiro atoms. The lowest BCUT2D eigenvalue weighted by atomic mass is 10.3. The van der Waals surface area contributed by atoms with Gasteiger partial charge in [0.25, 0.3) is 0 Å². The molecular formula is C12H20N4OS. The van der Waals surface area contributed by atoms with Crippen LogP contribution < -0.4 is 0 Å². The number of hydrogen-bond donors (Lipinski definition) is 1. The van der Waals surface area contributed by atoms with E-state index in [0.717, 1.165) is 54.0 Å². The first-order valence-electron chi connectivity index (χ1n) is 6.32. The molecule has 0 saturated carbocycles. The highest BCUT2D eigenvalue weighted by Crippen LogP contribution is 2.18. The molecule has 0 atom stereocenters. The summed E-state index contributed by atoms with van der Waals surface area (Å²) in [5, 5.41) is 4.51. The molecule has 6 heteroatoms. The third-order valence-corrected chi connectivity index (χ3v) is 3.46. The Morgan fingerprint density at radius 2 is 2.17 bits per heavy atom. The normalized spacial score (nSPS) is 11.5. The predicted octanol–water partition coefficient (Wildman–Crippen LogP) is 2.42. The number of aromatic nitrogens is 4. The van der Waals surface area contributed by atoms with Gasteiger partial charge in [0.2, 0.25) is 0 Å². The third-order valence-electron chi connectivity index (χ3n) is 3.14. The van der Waals surface area contributed by atoms with E-state index >= 15 is 0 Å². The average molecular weight is 268 g/mol. The lowest BCUT2D eigenvalue weighted by molar-refractivity contribution is 0.191. The van der Waals surface area contributed by atoms with Crippen molar-refractivity contribution in [3.8, 4) is 0 Å².